The van der Waals surface area contributed by atoms with Gasteiger partial charge in [-0.3, -0.25) is 0 Å². The number of nitrogens with one attached hydrogen (secondary N) is 1. The largest absolute Gasteiger partial charge is 0.489 e. The van der Waals surface area contributed by atoms with Crippen LogP contribution in [0.1, 0.15) is 32.4 Å². The molecule has 0 saturated carbocycles. The Kier molecular flexibility index (Phi) is 5.12. The van der Waals surface area contributed by atoms with E-state index in [9.17, 15) is 0 Å². The first kappa shape index (κ1) is 15.7. The van der Waals surface area contributed by atoms with Gasteiger partial charge in [-0.25, -0.2) is 0 Å². The molecule has 0 amide bonds. The average Bonchev–Trinajstić information content (AvgIpc) is 2.42. The topological polar surface area (TPSA) is 47.3 Å². The van der Waals surface area contributed by atoms with E-state index in [2.05, 4.69) is 40.3 Å². The lowest BCUT2D eigenvalue weighted by Crippen LogP contribution is -2.09. The summed E-state index contributed by atoms with van der Waals surface area (Å²) in [5, 5.41) is 3.47. The second-order valence-electron chi connectivity index (χ2n) is 5.34. The Balaban J connectivity index is 2.13. The van der Waals surface area contributed by atoms with Gasteiger partial charge >= 0.3 is 0 Å². The first-order valence-corrected chi connectivity index (χ1v) is 7.83. The molecular weight excluding hydrogens is 328 g/mol. The van der Waals surface area contributed by atoms with Crippen LogP contribution in [-0.4, -0.2) is 6.10 Å². The zero-order valence-corrected chi connectivity index (χ0v) is 14.1. The molecule has 3 nitrogen and oxygen atoms in total. The highest BCUT2D eigenvalue weighted by molar-refractivity contribution is 9.10. The average molecular weight is 349 g/mol. The zero-order chi connectivity index (χ0) is 15.4. The van der Waals surface area contributed by atoms with Crippen LogP contribution in [0, 0.1) is 0 Å². The number of hydrogen-bond donors (Lipinski definition) is 2. The Morgan fingerprint density at radius 2 is 1.71 bits per heavy atom. The Morgan fingerprint density at radius 1 is 1.05 bits per heavy atom. The van der Waals surface area contributed by atoms with Crippen molar-refractivity contribution >= 4 is 27.3 Å². The lowest BCUT2D eigenvalue weighted by molar-refractivity contribution is 0.244. The lowest BCUT2D eigenvalue weighted by Gasteiger charge is -2.18. The molecule has 112 valence electrons. The maximum Gasteiger partial charge on any atom is 0.144 e. The summed E-state index contributed by atoms with van der Waals surface area (Å²) in [6.45, 7) is 6.11. The van der Waals surface area contributed by atoms with Crippen molar-refractivity contribution in [3.63, 3.8) is 0 Å². The lowest BCUT2D eigenvalue weighted by atomic mass is 10.1. The third kappa shape index (κ3) is 4.39. The maximum absolute atomic E-state index is 5.94. The number of halogens is 1. The molecule has 1 unspecified atom stereocenters. The highest BCUT2D eigenvalue weighted by Crippen LogP contribution is 2.29. The van der Waals surface area contributed by atoms with E-state index in [-0.39, 0.29) is 12.1 Å². The number of benzene rings is 2. The zero-order valence-electron chi connectivity index (χ0n) is 12.6. The van der Waals surface area contributed by atoms with Gasteiger partial charge in [0, 0.05) is 22.3 Å². The second kappa shape index (κ2) is 6.85. The van der Waals surface area contributed by atoms with Gasteiger partial charge in [0.05, 0.1) is 11.8 Å². The predicted molar refractivity (Wildman–Crippen MR) is 92.8 cm³/mol. The molecule has 0 spiro atoms. The van der Waals surface area contributed by atoms with Crippen molar-refractivity contribution in [2.75, 3.05) is 11.1 Å². The van der Waals surface area contributed by atoms with Crippen molar-refractivity contribution in [2.45, 2.75) is 32.9 Å². The van der Waals surface area contributed by atoms with Gasteiger partial charge in [0.15, 0.2) is 0 Å². The standard InChI is InChI=1S/C17H21BrN2O/c1-11(2)21-17-10-15(8-9-16(17)19)20-12(3)13-4-6-14(18)7-5-13/h4-12,20H,19H2,1-3H3. The van der Waals surface area contributed by atoms with Crippen LogP contribution in [0.25, 0.3) is 0 Å². The van der Waals surface area contributed by atoms with Crippen molar-refractivity contribution in [3.05, 3.63) is 52.5 Å². The molecule has 0 aromatic heterocycles. The van der Waals surface area contributed by atoms with Crippen LogP contribution in [-0.2, 0) is 0 Å². The molecule has 1 atom stereocenters. The highest BCUT2D eigenvalue weighted by Gasteiger charge is 2.08. The first-order chi connectivity index (χ1) is 9.95. The fourth-order valence-electron chi connectivity index (χ4n) is 2.06. The van der Waals surface area contributed by atoms with Gasteiger partial charge in [0.2, 0.25) is 0 Å². The van der Waals surface area contributed by atoms with Crippen LogP contribution in [0.5, 0.6) is 5.75 Å². The molecule has 0 aliphatic carbocycles. The SMILES string of the molecule is CC(C)Oc1cc(NC(C)c2ccc(Br)cc2)ccc1N. The minimum absolute atomic E-state index is 0.103. The Labute approximate surface area is 134 Å². The number of hydrogen-bond acceptors (Lipinski definition) is 3. The summed E-state index contributed by atoms with van der Waals surface area (Å²) in [6, 6.07) is 14.3. The van der Waals surface area contributed by atoms with E-state index in [1.165, 1.54) is 5.56 Å². The number of nitrogens with two attached hydrogens (primary N) is 1. The van der Waals surface area contributed by atoms with E-state index in [0.717, 1.165) is 15.9 Å². The molecule has 2 aromatic carbocycles. The molecular formula is C17H21BrN2O. The summed E-state index contributed by atoms with van der Waals surface area (Å²) in [5.74, 6) is 0.720. The normalized spacial score (nSPS) is 12.2. The quantitative estimate of drug-likeness (QED) is 0.748. The summed E-state index contributed by atoms with van der Waals surface area (Å²) in [7, 11) is 0. The van der Waals surface area contributed by atoms with Crippen LogP contribution in [0.3, 0.4) is 0 Å². The van der Waals surface area contributed by atoms with Crippen LogP contribution in [0.4, 0.5) is 11.4 Å². The third-order valence-electron chi connectivity index (χ3n) is 3.13. The predicted octanol–water partition coefficient (Wildman–Crippen LogP) is 4.99. The van der Waals surface area contributed by atoms with E-state index in [1.807, 2.05) is 44.2 Å². The first-order valence-electron chi connectivity index (χ1n) is 7.04. The Bertz CT molecular complexity index is 596. The maximum atomic E-state index is 5.94. The van der Waals surface area contributed by atoms with E-state index in [1.54, 1.807) is 0 Å². The molecule has 2 aromatic rings. The van der Waals surface area contributed by atoms with Crippen LogP contribution >= 0.6 is 15.9 Å². The van der Waals surface area contributed by atoms with Crippen molar-refractivity contribution in [2.24, 2.45) is 0 Å². The fourth-order valence-corrected chi connectivity index (χ4v) is 2.33. The van der Waals surface area contributed by atoms with Gasteiger partial charge in [-0.05, 0) is 50.6 Å². The Hall–Kier alpha value is -1.68. The molecule has 3 N–H and O–H groups in total. The van der Waals surface area contributed by atoms with E-state index < -0.39 is 0 Å². The molecule has 0 fully saturated rings. The molecule has 2 rings (SSSR count). The van der Waals surface area contributed by atoms with Crippen molar-refractivity contribution in [1.29, 1.82) is 0 Å². The number of rotatable bonds is 5. The third-order valence-corrected chi connectivity index (χ3v) is 3.66. The van der Waals surface area contributed by atoms with E-state index >= 15 is 0 Å². The van der Waals surface area contributed by atoms with Crippen LogP contribution < -0.4 is 15.8 Å². The van der Waals surface area contributed by atoms with Gasteiger partial charge in [0.1, 0.15) is 5.75 Å². The van der Waals surface area contributed by atoms with Gasteiger partial charge in [0.25, 0.3) is 0 Å². The van der Waals surface area contributed by atoms with Crippen LogP contribution in [0.2, 0.25) is 0 Å². The van der Waals surface area contributed by atoms with Gasteiger partial charge < -0.3 is 15.8 Å². The van der Waals surface area contributed by atoms with Crippen molar-refractivity contribution < 1.29 is 4.74 Å². The summed E-state index contributed by atoms with van der Waals surface area (Å²) in [6.07, 6.45) is 0.103. The van der Waals surface area contributed by atoms with Gasteiger partial charge in [-0.1, -0.05) is 28.1 Å². The number of nitrogen functional groups attached to an aromatic ring is 1. The van der Waals surface area contributed by atoms with Gasteiger partial charge in [-0.2, -0.15) is 0 Å². The molecule has 0 radical (unpaired) electrons. The molecule has 0 aliphatic heterocycles. The number of anilines is 2. The van der Waals surface area contributed by atoms with E-state index in [4.69, 9.17) is 10.5 Å². The summed E-state index contributed by atoms with van der Waals surface area (Å²) in [5.41, 5.74) is 8.82. The summed E-state index contributed by atoms with van der Waals surface area (Å²) < 4.78 is 6.80. The van der Waals surface area contributed by atoms with Gasteiger partial charge in [-0.15, -0.1) is 0 Å². The number of ether oxygens (including phenoxy) is 1. The minimum Gasteiger partial charge on any atom is -0.489 e. The van der Waals surface area contributed by atoms with Crippen molar-refractivity contribution in [1.82, 2.24) is 0 Å². The molecule has 0 saturated heterocycles. The molecule has 21 heavy (non-hydrogen) atoms. The summed E-state index contributed by atoms with van der Waals surface area (Å²) >= 11 is 3.45. The Morgan fingerprint density at radius 3 is 2.33 bits per heavy atom. The minimum atomic E-state index is 0.103. The molecule has 0 heterocycles. The smallest absolute Gasteiger partial charge is 0.144 e. The van der Waals surface area contributed by atoms with Crippen molar-refractivity contribution in [3.8, 4) is 5.75 Å². The highest BCUT2D eigenvalue weighted by atomic mass is 79.9. The second-order valence-corrected chi connectivity index (χ2v) is 6.25. The van der Waals surface area contributed by atoms with E-state index in [0.29, 0.717) is 5.69 Å². The monoisotopic (exact) mass is 348 g/mol. The molecule has 4 heteroatoms. The molecule has 0 aliphatic rings. The van der Waals surface area contributed by atoms with Crippen LogP contribution in [0.15, 0.2) is 46.9 Å². The summed E-state index contributed by atoms with van der Waals surface area (Å²) in [4.78, 5) is 0. The molecule has 0 bridgehead atoms. The fraction of sp³-hybridized carbons (Fsp3) is 0.294.